The monoisotopic (exact) mass is 190 g/mol. The van der Waals surface area contributed by atoms with Crippen LogP contribution in [0.3, 0.4) is 0 Å². The molecule has 0 unspecified atom stereocenters. The predicted molar refractivity (Wildman–Crippen MR) is 50.7 cm³/mol. The molecule has 1 rings (SSSR count). The Morgan fingerprint density at radius 2 is 2.45 bits per heavy atom. The van der Waals surface area contributed by atoms with Gasteiger partial charge < -0.3 is 4.90 Å². The highest BCUT2D eigenvalue weighted by Gasteiger charge is 2.02. The molecule has 62 valence electrons. The van der Waals surface area contributed by atoms with Crippen molar-refractivity contribution in [3.05, 3.63) is 9.85 Å². The Kier molecular flexibility index (Phi) is 3.15. The molecule has 0 amide bonds. The summed E-state index contributed by atoms with van der Waals surface area (Å²) in [6, 6.07) is 0. The normalized spacial score (nSPS) is 10.1. The smallest absolute Gasteiger partial charge is 0.185 e. The van der Waals surface area contributed by atoms with E-state index in [1.165, 1.54) is 11.3 Å². The van der Waals surface area contributed by atoms with Crippen LogP contribution < -0.4 is 4.90 Å². The van der Waals surface area contributed by atoms with Gasteiger partial charge in [-0.3, -0.25) is 0 Å². The van der Waals surface area contributed by atoms with Crippen LogP contribution in [0.1, 0.15) is 13.3 Å². The van der Waals surface area contributed by atoms with Crippen LogP contribution in [0.25, 0.3) is 0 Å². The summed E-state index contributed by atoms with van der Waals surface area (Å²) in [7, 11) is 2.02. The third-order valence-corrected chi connectivity index (χ3v) is 2.38. The number of rotatable bonds is 3. The van der Waals surface area contributed by atoms with Crippen LogP contribution in [0.5, 0.6) is 0 Å². The Morgan fingerprint density at radius 1 is 1.73 bits per heavy atom. The average molecular weight is 191 g/mol. The van der Waals surface area contributed by atoms with E-state index < -0.39 is 0 Å². The van der Waals surface area contributed by atoms with Gasteiger partial charge >= 0.3 is 0 Å². The van der Waals surface area contributed by atoms with Crippen LogP contribution in [-0.2, 0) is 0 Å². The maximum atomic E-state index is 5.69. The van der Waals surface area contributed by atoms with E-state index in [9.17, 15) is 0 Å². The minimum Gasteiger partial charge on any atom is -0.359 e. The second-order valence-electron chi connectivity index (χ2n) is 2.38. The van der Waals surface area contributed by atoms with Gasteiger partial charge in [-0.15, -0.1) is 11.3 Å². The molecule has 0 fully saturated rings. The summed E-state index contributed by atoms with van der Waals surface area (Å²) in [6.45, 7) is 3.17. The van der Waals surface area contributed by atoms with Gasteiger partial charge in [-0.1, -0.05) is 18.5 Å². The highest BCUT2D eigenvalue weighted by Crippen LogP contribution is 2.21. The summed E-state index contributed by atoms with van der Waals surface area (Å²) in [4.78, 5) is 6.24. The first kappa shape index (κ1) is 8.81. The number of aromatic nitrogens is 1. The average Bonchev–Trinajstić information content (AvgIpc) is 2.36. The number of halogens is 1. The van der Waals surface area contributed by atoms with Crippen molar-refractivity contribution >= 4 is 28.8 Å². The zero-order valence-corrected chi connectivity index (χ0v) is 8.24. The summed E-state index contributed by atoms with van der Waals surface area (Å²) in [5.41, 5.74) is 0. The Bertz CT molecular complexity index is 224. The predicted octanol–water partition coefficient (Wildman–Crippen LogP) is 2.64. The highest BCUT2D eigenvalue weighted by molar-refractivity contribution is 7.14. The minimum absolute atomic E-state index is 0.614. The Balaban J connectivity index is 2.60. The molecule has 1 aromatic rings. The Labute approximate surface area is 75.8 Å². The lowest BCUT2D eigenvalue weighted by Gasteiger charge is -2.13. The maximum absolute atomic E-state index is 5.69. The summed E-state index contributed by atoms with van der Waals surface area (Å²) in [5, 5.41) is 1.97. The molecule has 0 saturated heterocycles. The lowest BCUT2D eigenvalue weighted by Crippen LogP contribution is -2.17. The van der Waals surface area contributed by atoms with Crippen molar-refractivity contribution < 1.29 is 0 Å². The molecule has 0 aromatic carbocycles. The molecule has 0 aliphatic heterocycles. The Morgan fingerprint density at radius 3 is 2.91 bits per heavy atom. The van der Waals surface area contributed by atoms with Crippen molar-refractivity contribution in [1.82, 2.24) is 4.98 Å². The molecule has 4 heteroatoms. The lowest BCUT2D eigenvalue weighted by atomic mass is 10.4. The molecule has 2 nitrogen and oxygen atoms in total. The molecular formula is C7H11ClN2S. The fraction of sp³-hybridized carbons (Fsp3) is 0.571. The van der Waals surface area contributed by atoms with E-state index in [2.05, 4.69) is 16.8 Å². The fourth-order valence-electron chi connectivity index (χ4n) is 0.869. The fourth-order valence-corrected chi connectivity index (χ4v) is 1.67. The van der Waals surface area contributed by atoms with Gasteiger partial charge in [0.15, 0.2) is 4.47 Å². The Hall–Kier alpha value is -0.280. The van der Waals surface area contributed by atoms with Gasteiger partial charge in [-0.2, -0.15) is 0 Å². The number of hydrogen-bond donors (Lipinski definition) is 0. The van der Waals surface area contributed by atoms with E-state index in [4.69, 9.17) is 11.6 Å². The number of hydrogen-bond acceptors (Lipinski definition) is 3. The van der Waals surface area contributed by atoms with Gasteiger partial charge in [0.25, 0.3) is 0 Å². The number of anilines is 1. The number of nitrogens with zero attached hydrogens (tertiary/aromatic N) is 2. The van der Waals surface area contributed by atoms with Gasteiger partial charge in [0.1, 0.15) is 5.82 Å². The second-order valence-corrected chi connectivity index (χ2v) is 3.82. The largest absolute Gasteiger partial charge is 0.359 e. The van der Waals surface area contributed by atoms with Crippen molar-refractivity contribution in [2.75, 3.05) is 18.5 Å². The van der Waals surface area contributed by atoms with Crippen molar-refractivity contribution in [3.8, 4) is 0 Å². The van der Waals surface area contributed by atoms with Crippen LogP contribution in [0.15, 0.2) is 5.38 Å². The maximum Gasteiger partial charge on any atom is 0.185 e. The third-order valence-electron chi connectivity index (χ3n) is 1.41. The molecule has 0 saturated carbocycles. The van der Waals surface area contributed by atoms with E-state index in [0.717, 1.165) is 18.8 Å². The first-order valence-corrected chi connectivity index (χ1v) is 4.82. The molecule has 1 heterocycles. The quantitative estimate of drug-likeness (QED) is 0.729. The van der Waals surface area contributed by atoms with Gasteiger partial charge in [0, 0.05) is 19.0 Å². The summed E-state index contributed by atoms with van der Waals surface area (Å²) in [5.74, 6) is 0.974. The lowest BCUT2D eigenvalue weighted by molar-refractivity contribution is 0.841. The summed E-state index contributed by atoms with van der Waals surface area (Å²) < 4.78 is 0.614. The number of thiazole rings is 1. The molecular weight excluding hydrogens is 180 g/mol. The molecule has 0 aliphatic rings. The molecule has 0 spiro atoms. The molecule has 11 heavy (non-hydrogen) atoms. The summed E-state index contributed by atoms with van der Waals surface area (Å²) >= 11 is 7.16. The third kappa shape index (κ3) is 2.34. The zero-order chi connectivity index (χ0) is 8.27. The van der Waals surface area contributed by atoms with E-state index in [-0.39, 0.29) is 0 Å². The standard InChI is InChI=1S/C7H11ClN2S/c1-3-4-10(2)6-5-11-7(8)9-6/h5H,3-4H2,1-2H3. The molecule has 0 N–H and O–H groups in total. The SMILES string of the molecule is CCCN(C)c1csc(Cl)n1. The van der Waals surface area contributed by atoms with Crippen molar-refractivity contribution in [2.24, 2.45) is 0 Å². The molecule has 1 aromatic heterocycles. The second kappa shape index (κ2) is 3.93. The van der Waals surface area contributed by atoms with Gasteiger partial charge in [-0.05, 0) is 6.42 Å². The summed E-state index contributed by atoms with van der Waals surface area (Å²) in [6.07, 6.45) is 1.13. The van der Waals surface area contributed by atoms with Gasteiger partial charge in [0.05, 0.1) is 0 Å². The van der Waals surface area contributed by atoms with Crippen LogP contribution >= 0.6 is 22.9 Å². The van der Waals surface area contributed by atoms with Crippen LogP contribution in [0.2, 0.25) is 4.47 Å². The topological polar surface area (TPSA) is 16.1 Å². The van der Waals surface area contributed by atoms with Crippen molar-refractivity contribution in [1.29, 1.82) is 0 Å². The van der Waals surface area contributed by atoms with Crippen LogP contribution in [0.4, 0.5) is 5.82 Å². The van der Waals surface area contributed by atoms with Crippen molar-refractivity contribution in [3.63, 3.8) is 0 Å². The van der Waals surface area contributed by atoms with Crippen molar-refractivity contribution in [2.45, 2.75) is 13.3 Å². The minimum atomic E-state index is 0.614. The van der Waals surface area contributed by atoms with E-state index in [0.29, 0.717) is 4.47 Å². The van der Waals surface area contributed by atoms with E-state index >= 15 is 0 Å². The molecule has 0 bridgehead atoms. The molecule has 0 aliphatic carbocycles. The van der Waals surface area contributed by atoms with Gasteiger partial charge in [0.2, 0.25) is 0 Å². The first-order valence-electron chi connectivity index (χ1n) is 3.56. The van der Waals surface area contributed by atoms with E-state index in [1.807, 2.05) is 12.4 Å². The molecule has 0 radical (unpaired) electrons. The highest BCUT2D eigenvalue weighted by atomic mass is 35.5. The van der Waals surface area contributed by atoms with Crippen LogP contribution in [-0.4, -0.2) is 18.6 Å². The van der Waals surface area contributed by atoms with E-state index in [1.54, 1.807) is 0 Å². The zero-order valence-electron chi connectivity index (χ0n) is 6.67. The molecule has 0 atom stereocenters. The first-order chi connectivity index (χ1) is 5.24. The van der Waals surface area contributed by atoms with Crippen LogP contribution in [0, 0.1) is 0 Å². The van der Waals surface area contributed by atoms with Gasteiger partial charge in [-0.25, -0.2) is 4.98 Å².